The molecule has 1 aromatic carbocycles. The number of pyridine rings is 1. The average Bonchev–Trinajstić information content (AvgIpc) is 2.93. The molecule has 124 valence electrons. The van der Waals surface area contributed by atoms with Crippen LogP contribution in [-0.2, 0) is 16.1 Å². The monoisotopic (exact) mass is 323 g/mol. The highest BCUT2D eigenvalue weighted by molar-refractivity contribution is 5.97. The largest absolute Gasteiger partial charge is 0.338 e. The molecule has 5 heteroatoms. The molecule has 1 saturated heterocycles. The van der Waals surface area contributed by atoms with Gasteiger partial charge in [0.05, 0.1) is 5.92 Å². The molecule has 0 aliphatic carbocycles. The minimum atomic E-state index is -0.329. The zero-order valence-electron chi connectivity index (χ0n) is 14.0. The molecule has 1 aliphatic heterocycles. The molecule has 1 atom stereocenters. The molecule has 1 aliphatic rings. The maximum Gasteiger partial charge on any atom is 0.230 e. The highest BCUT2D eigenvalue weighted by atomic mass is 16.2. The third-order valence-electron chi connectivity index (χ3n) is 4.33. The fourth-order valence-electron chi connectivity index (χ4n) is 2.85. The lowest BCUT2D eigenvalue weighted by molar-refractivity contribution is -0.128. The summed E-state index contributed by atoms with van der Waals surface area (Å²) in [6, 6.07) is 11.8. The van der Waals surface area contributed by atoms with Crippen molar-refractivity contribution in [3.8, 4) is 0 Å². The summed E-state index contributed by atoms with van der Waals surface area (Å²) in [5, 5.41) is 2.84. The minimum Gasteiger partial charge on any atom is -0.338 e. The van der Waals surface area contributed by atoms with Crippen LogP contribution in [-0.4, -0.2) is 28.2 Å². The number of carbonyl (C=O) groups is 2. The number of hydrogen-bond acceptors (Lipinski definition) is 3. The zero-order chi connectivity index (χ0) is 17.1. The molecule has 1 aromatic heterocycles. The summed E-state index contributed by atoms with van der Waals surface area (Å²) in [6.45, 7) is 4.92. The van der Waals surface area contributed by atoms with Crippen molar-refractivity contribution in [2.75, 3.05) is 11.9 Å². The Balaban J connectivity index is 1.62. The van der Waals surface area contributed by atoms with Crippen LogP contribution in [0.5, 0.6) is 0 Å². The molecular formula is C19H21N3O2. The SMILES string of the molecule is Cc1ccc(CN2C[C@@H](C(=O)Nc3ncccc3C)CC2=O)cc1. The fraction of sp³-hybridized carbons (Fsp3) is 0.316. The van der Waals surface area contributed by atoms with Gasteiger partial charge in [0.2, 0.25) is 11.8 Å². The van der Waals surface area contributed by atoms with Gasteiger partial charge in [0, 0.05) is 25.7 Å². The topological polar surface area (TPSA) is 62.3 Å². The second kappa shape index (κ2) is 6.83. The molecule has 1 N–H and O–H groups in total. The summed E-state index contributed by atoms with van der Waals surface area (Å²) < 4.78 is 0. The van der Waals surface area contributed by atoms with E-state index in [0.29, 0.717) is 18.9 Å². The van der Waals surface area contributed by atoms with E-state index in [0.717, 1.165) is 11.1 Å². The van der Waals surface area contributed by atoms with E-state index in [1.54, 1.807) is 11.1 Å². The lowest BCUT2D eigenvalue weighted by atomic mass is 10.1. The highest BCUT2D eigenvalue weighted by Crippen LogP contribution is 2.22. The molecule has 5 nitrogen and oxygen atoms in total. The van der Waals surface area contributed by atoms with Gasteiger partial charge in [0.15, 0.2) is 0 Å². The van der Waals surface area contributed by atoms with Gasteiger partial charge in [-0.05, 0) is 31.0 Å². The molecule has 24 heavy (non-hydrogen) atoms. The molecule has 0 bridgehead atoms. The van der Waals surface area contributed by atoms with Crippen molar-refractivity contribution in [3.63, 3.8) is 0 Å². The maximum atomic E-state index is 12.4. The molecule has 1 fully saturated rings. The average molecular weight is 323 g/mol. The number of rotatable bonds is 4. The number of amides is 2. The van der Waals surface area contributed by atoms with Gasteiger partial charge < -0.3 is 10.2 Å². The van der Waals surface area contributed by atoms with E-state index >= 15 is 0 Å². The van der Waals surface area contributed by atoms with Crippen LogP contribution in [0.4, 0.5) is 5.82 Å². The Labute approximate surface area is 141 Å². The predicted molar refractivity (Wildman–Crippen MR) is 92.3 cm³/mol. The normalized spacial score (nSPS) is 17.2. The van der Waals surface area contributed by atoms with E-state index in [4.69, 9.17) is 0 Å². The predicted octanol–water partition coefficient (Wildman–Crippen LogP) is 2.69. The Morgan fingerprint density at radius 2 is 2.00 bits per heavy atom. The van der Waals surface area contributed by atoms with Gasteiger partial charge in [0.1, 0.15) is 5.82 Å². The number of nitrogens with one attached hydrogen (secondary N) is 1. The van der Waals surface area contributed by atoms with Crippen molar-refractivity contribution < 1.29 is 9.59 Å². The third-order valence-corrected chi connectivity index (χ3v) is 4.33. The number of benzene rings is 1. The Morgan fingerprint density at radius 1 is 1.25 bits per heavy atom. The van der Waals surface area contributed by atoms with E-state index in [1.807, 2.05) is 50.2 Å². The molecule has 0 unspecified atom stereocenters. The third kappa shape index (κ3) is 3.62. The summed E-state index contributed by atoms with van der Waals surface area (Å²) in [6.07, 6.45) is 1.90. The van der Waals surface area contributed by atoms with E-state index < -0.39 is 0 Å². The van der Waals surface area contributed by atoms with Crippen LogP contribution in [0.3, 0.4) is 0 Å². The van der Waals surface area contributed by atoms with E-state index in [2.05, 4.69) is 10.3 Å². The molecule has 2 heterocycles. The Kier molecular flexibility index (Phi) is 4.60. The quantitative estimate of drug-likeness (QED) is 0.941. The van der Waals surface area contributed by atoms with Gasteiger partial charge in [-0.1, -0.05) is 35.9 Å². The van der Waals surface area contributed by atoms with Crippen molar-refractivity contribution in [1.29, 1.82) is 0 Å². The first kappa shape index (κ1) is 16.2. The lowest BCUT2D eigenvalue weighted by Crippen LogP contribution is -2.28. The number of nitrogens with zero attached hydrogens (tertiary/aromatic N) is 2. The number of hydrogen-bond donors (Lipinski definition) is 1. The van der Waals surface area contributed by atoms with Crippen LogP contribution >= 0.6 is 0 Å². The Bertz CT molecular complexity index is 755. The van der Waals surface area contributed by atoms with Crippen molar-refractivity contribution in [2.24, 2.45) is 5.92 Å². The Hall–Kier alpha value is -2.69. The van der Waals surface area contributed by atoms with Gasteiger partial charge in [-0.25, -0.2) is 4.98 Å². The van der Waals surface area contributed by atoms with Crippen LogP contribution in [0.2, 0.25) is 0 Å². The van der Waals surface area contributed by atoms with Gasteiger partial charge in [-0.15, -0.1) is 0 Å². The standard InChI is InChI=1S/C19H21N3O2/c1-13-5-7-15(8-6-13)11-22-12-16(10-17(22)23)19(24)21-18-14(2)4-3-9-20-18/h3-9,16H,10-12H2,1-2H3,(H,20,21,24)/t16-/m0/s1. The number of likely N-dealkylation sites (tertiary alicyclic amines) is 1. The first-order valence-electron chi connectivity index (χ1n) is 8.09. The van der Waals surface area contributed by atoms with Crippen molar-refractivity contribution >= 4 is 17.6 Å². The van der Waals surface area contributed by atoms with Crippen molar-refractivity contribution in [2.45, 2.75) is 26.8 Å². The smallest absolute Gasteiger partial charge is 0.230 e. The molecule has 2 aromatic rings. The van der Waals surface area contributed by atoms with Crippen molar-refractivity contribution in [3.05, 3.63) is 59.3 Å². The molecule has 3 rings (SSSR count). The first-order valence-corrected chi connectivity index (χ1v) is 8.09. The highest BCUT2D eigenvalue weighted by Gasteiger charge is 2.34. The Morgan fingerprint density at radius 3 is 2.71 bits per heavy atom. The summed E-state index contributed by atoms with van der Waals surface area (Å²) in [5.41, 5.74) is 3.18. The van der Waals surface area contributed by atoms with Crippen LogP contribution in [0.15, 0.2) is 42.6 Å². The van der Waals surface area contributed by atoms with Crippen LogP contribution in [0, 0.1) is 19.8 Å². The zero-order valence-corrected chi connectivity index (χ0v) is 14.0. The second-order valence-electron chi connectivity index (χ2n) is 6.32. The molecule has 0 spiro atoms. The van der Waals surface area contributed by atoms with E-state index in [-0.39, 0.29) is 24.2 Å². The molecular weight excluding hydrogens is 302 g/mol. The molecule has 0 saturated carbocycles. The summed E-state index contributed by atoms with van der Waals surface area (Å²) >= 11 is 0. The number of aromatic nitrogens is 1. The van der Waals surface area contributed by atoms with Gasteiger partial charge >= 0.3 is 0 Å². The fourth-order valence-corrected chi connectivity index (χ4v) is 2.85. The van der Waals surface area contributed by atoms with Gasteiger partial charge in [-0.2, -0.15) is 0 Å². The maximum absolute atomic E-state index is 12.4. The summed E-state index contributed by atoms with van der Waals surface area (Å²) in [4.78, 5) is 30.6. The van der Waals surface area contributed by atoms with Crippen molar-refractivity contribution in [1.82, 2.24) is 9.88 Å². The van der Waals surface area contributed by atoms with E-state index in [9.17, 15) is 9.59 Å². The van der Waals surface area contributed by atoms with Gasteiger partial charge in [0.25, 0.3) is 0 Å². The van der Waals surface area contributed by atoms with Gasteiger partial charge in [-0.3, -0.25) is 9.59 Å². The minimum absolute atomic E-state index is 0.0217. The number of anilines is 1. The van der Waals surface area contributed by atoms with Crippen LogP contribution < -0.4 is 5.32 Å². The first-order chi connectivity index (χ1) is 11.5. The van der Waals surface area contributed by atoms with Crippen LogP contribution in [0.1, 0.15) is 23.1 Å². The summed E-state index contributed by atoms with van der Waals surface area (Å²) in [7, 11) is 0. The second-order valence-corrected chi connectivity index (χ2v) is 6.32. The summed E-state index contributed by atoms with van der Waals surface area (Å²) in [5.74, 6) is 0.112. The van der Waals surface area contributed by atoms with E-state index in [1.165, 1.54) is 5.56 Å². The molecule has 0 radical (unpaired) electrons. The number of carbonyl (C=O) groups excluding carboxylic acids is 2. The molecule has 2 amide bonds. The number of aryl methyl sites for hydroxylation is 2. The lowest BCUT2D eigenvalue weighted by Gasteiger charge is -2.17. The van der Waals surface area contributed by atoms with Crippen LogP contribution in [0.25, 0.3) is 0 Å².